The smallest absolute Gasteiger partial charge is 0.191 e. The molecule has 26 heavy (non-hydrogen) atoms. The van der Waals surface area contributed by atoms with E-state index >= 15 is 0 Å². The Balaban J connectivity index is 1.62. The highest BCUT2D eigenvalue weighted by atomic mass is 15.3. The number of H-pyrrole nitrogens is 1. The van der Waals surface area contributed by atoms with Crippen molar-refractivity contribution in [3.63, 3.8) is 0 Å². The van der Waals surface area contributed by atoms with E-state index in [9.17, 15) is 0 Å². The highest BCUT2D eigenvalue weighted by Crippen LogP contribution is 2.21. The van der Waals surface area contributed by atoms with Gasteiger partial charge in [-0.05, 0) is 38.3 Å². The molecule has 0 saturated heterocycles. The molecule has 0 spiro atoms. The lowest BCUT2D eigenvalue weighted by molar-refractivity contribution is 0.754. The third kappa shape index (κ3) is 3.87. The second kappa shape index (κ2) is 8.03. The molecule has 138 valence electrons. The molecular weight excluding hydrogens is 326 g/mol. The summed E-state index contributed by atoms with van der Waals surface area (Å²) in [7, 11) is 1.96. The normalized spacial score (nSPS) is 11.9. The summed E-state index contributed by atoms with van der Waals surface area (Å²) in [5, 5.41) is 16.2. The number of para-hydroxylation sites is 1. The Morgan fingerprint density at radius 2 is 2.08 bits per heavy atom. The molecule has 0 bridgehead atoms. The minimum Gasteiger partial charge on any atom is -0.361 e. The van der Waals surface area contributed by atoms with Crippen molar-refractivity contribution in [2.75, 3.05) is 13.1 Å². The number of aromatic amines is 1. The highest BCUT2D eigenvalue weighted by molar-refractivity contribution is 5.86. The third-order valence-electron chi connectivity index (χ3n) is 4.60. The molecule has 3 N–H and O–H groups in total. The summed E-state index contributed by atoms with van der Waals surface area (Å²) in [4.78, 5) is 8.00. The predicted octanol–water partition coefficient (Wildman–Crippen LogP) is 2.21. The van der Waals surface area contributed by atoms with Crippen molar-refractivity contribution in [1.82, 2.24) is 30.4 Å². The molecule has 0 amide bonds. The molecule has 1 aromatic carbocycles. The Labute approximate surface area is 153 Å². The number of guanidine groups is 1. The molecule has 7 heteroatoms. The first-order valence-corrected chi connectivity index (χ1v) is 9.02. The number of hydrogen-bond acceptors (Lipinski definition) is 3. The molecule has 0 aliphatic heterocycles. The van der Waals surface area contributed by atoms with Gasteiger partial charge in [0.05, 0.1) is 0 Å². The zero-order valence-electron chi connectivity index (χ0n) is 15.9. The molecule has 0 fully saturated rings. The second-order valence-electron chi connectivity index (χ2n) is 6.41. The molecule has 0 unspecified atom stereocenters. The van der Waals surface area contributed by atoms with E-state index in [1.807, 2.05) is 18.5 Å². The van der Waals surface area contributed by atoms with Gasteiger partial charge in [-0.3, -0.25) is 0 Å². The average Bonchev–Trinajstić information content (AvgIpc) is 3.18. The van der Waals surface area contributed by atoms with Crippen molar-refractivity contribution in [3.8, 4) is 0 Å². The summed E-state index contributed by atoms with van der Waals surface area (Å²) in [6.45, 7) is 8.25. The summed E-state index contributed by atoms with van der Waals surface area (Å²) in [5.41, 5.74) is 3.81. The van der Waals surface area contributed by atoms with Gasteiger partial charge < -0.3 is 20.2 Å². The van der Waals surface area contributed by atoms with Gasteiger partial charge in [-0.1, -0.05) is 18.2 Å². The third-order valence-corrected chi connectivity index (χ3v) is 4.60. The summed E-state index contributed by atoms with van der Waals surface area (Å²) in [6.07, 6.45) is 3.03. The monoisotopic (exact) mass is 353 g/mol. The molecule has 2 aromatic heterocycles. The molecule has 0 aliphatic rings. The molecule has 2 heterocycles. The van der Waals surface area contributed by atoms with E-state index in [-0.39, 0.29) is 0 Å². The van der Waals surface area contributed by atoms with Crippen molar-refractivity contribution < 1.29 is 0 Å². The molecule has 3 rings (SSSR count). The first kappa shape index (κ1) is 18.0. The van der Waals surface area contributed by atoms with E-state index in [1.54, 1.807) is 0 Å². The molecular formula is C19H27N7. The number of aryl methyl sites for hydroxylation is 2. The summed E-state index contributed by atoms with van der Waals surface area (Å²) in [5.74, 6) is 2.54. The number of fused-ring (bicyclic) bond motifs is 1. The van der Waals surface area contributed by atoms with Gasteiger partial charge in [0.2, 0.25) is 0 Å². The number of hydrogen-bond donors (Lipinski definition) is 3. The summed E-state index contributed by atoms with van der Waals surface area (Å²) >= 11 is 0. The molecule has 0 radical (unpaired) electrons. The van der Waals surface area contributed by atoms with Crippen LogP contribution in [0.25, 0.3) is 10.9 Å². The Morgan fingerprint density at radius 3 is 2.81 bits per heavy atom. The van der Waals surface area contributed by atoms with Crippen LogP contribution >= 0.6 is 0 Å². The van der Waals surface area contributed by atoms with Crippen molar-refractivity contribution in [1.29, 1.82) is 0 Å². The van der Waals surface area contributed by atoms with Gasteiger partial charge in [-0.25, -0.2) is 4.99 Å². The maximum atomic E-state index is 4.62. The van der Waals surface area contributed by atoms with Crippen LogP contribution < -0.4 is 10.6 Å². The fourth-order valence-electron chi connectivity index (χ4n) is 2.97. The van der Waals surface area contributed by atoms with Gasteiger partial charge in [0.25, 0.3) is 0 Å². The number of nitrogens with zero attached hydrogens (tertiary/aromatic N) is 4. The quantitative estimate of drug-likeness (QED) is 0.469. The molecule has 0 saturated carbocycles. The Kier molecular flexibility index (Phi) is 5.55. The van der Waals surface area contributed by atoms with Crippen LogP contribution in [-0.4, -0.2) is 38.8 Å². The van der Waals surface area contributed by atoms with Crippen LogP contribution in [0.2, 0.25) is 0 Å². The fourth-order valence-corrected chi connectivity index (χ4v) is 2.97. The summed E-state index contributed by atoms with van der Waals surface area (Å²) < 4.78 is 1.96. The van der Waals surface area contributed by atoms with Gasteiger partial charge in [0.1, 0.15) is 12.4 Å². The van der Waals surface area contributed by atoms with E-state index in [2.05, 4.69) is 69.1 Å². The van der Waals surface area contributed by atoms with Crippen LogP contribution in [0.4, 0.5) is 0 Å². The van der Waals surface area contributed by atoms with Crippen molar-refractivity contribution in [2.45, 2.75) is 33.7 Å². The number of rotatable bonds is 6. The van der Waals surface area contributed by atoms with Crippen molar-refractivity contribution >= 4 is 16.9 Å². The largest absolute Gasteiger partial charge is 0.361 e. The number of benzene rings is 1. The van der Waals surface area contributed by atoms with Gasteiger partial charge >= 0.3 is 0 Å². The predicted molar refractivity (Wildman–Crippen MR) is 105 cm³/mol. The van der Waals surface area contributed by atoms with Gasteiger partial charge in [0.15, 0.2) is 11.8 Å². The fraction of sp³-hybridized carbons (Fsp3) is 0.421. The zero-order chi connectivity index (χ0) is 18.5. The Morgan fingerprint density at radius 1 is 1.23 bits per heavy atom. The lowest BCUT2D eigenvalue weighted by Gasteiger charge is -2.11. The second-order valence-corrected chi connectivity index (χ2v) is 6.41. The standard InChI is InChI=1S/C19H27N7/c1-5-20-19(23-12-17-25-24-14(3)26(17)4)21-10-9-15-11-22-18-13(2)7-6-8-16(15)18/h6-8,11,22H,5,9-10,12H2,1-4H3,(H2,20,21,23). The van der Waals surface area contributed by atoms with Crippen molar-refractivity contribution in [3.05, 3.63) is 47.2 Å². The maximum Gasteiger partial charge on any atom is 0.191 e. The van der Waals surface area contributed by atoms with Crippen LogP contribution in [0, 0.1) is 13.8 Å². The van der Waals surface area contributed by atoms with Gasteiger partial charge in [-0.2, -0.15) is 0 Å². The Bertz CT molecular complexity index is 904. The van der Waals surface area contributed by atoms with E-state index < -0.39 is 0 Å². The van der Waals surface area contributed by atoms with Gasteiger partial charge in [-0.15, -0.1) is 10.2 Å². The number of aromatic nitrogens is 4. The maximum absolute atomic E-state index is 4.62. The first-order valence-electron chi connectivity index (χ1n) is 9.02. The van der Waals surface area contributed by atoms with Gasteiger partial charge in [0, 0.05) is 37.2 Å². The van der Waals surface area contributed by atoms with E-state index in [0.717, 1.165) is 37.1 Å². The number of nitrogens with one attached hydrogen (secondary N) is 3. The molecule has 7 nitrogen and oxygen atoms in total. The minimum absolute atomic E-state index is 0.499. The van der Waals surface area contributed by atoms with E-state index in [4.69, 9.17) is 0 Å². The Hall–Kier alpha value is -2.83. The first-order chi connectivity index (χ1) is 12.6. The number of aliphatic imine (C=N–C) groups is 1. The van der Waals surface area contributed by atoms with Crippen LogP contribution in [0.3, 0.4) is 0 Å². The van der Waals surface area contributed by atoms with Crippen LogP contribution in [-0.2, 0) is 20.0 Å². The van der Waals surface area contributed by atoms with Crippen LogP contribution in [0.15, 0.2) is 29.4 Å². The SMILES string of the molecule is CCNC(=NCc1nnc(C)n1C)NCCc1c[nH]c2c(C)cccc12. The molecule has 3 aromatic rings. The minimum atomic E-state index is 0.499. The van der Waals surface area contributed by atoms with E-state index in [0.29, 0.717) is 6.54 Å². The van der Waals surface area contributed by atoms with E-state index in [1.165, 1.54) is 22.0 Å². The lowest BCUT2D eigenvalue weighted by Crippen LogP contribution is -2.38. The van der Waals surface area contributed by atoms with Crippen LogP contribution in [0.1, 0.15) is 29.7 Å². The molecule has 0 atom stereocenters. The average molecular weight is 353 g/mol. The highest BCUT2D eigenvalue weighted by Gasteiger charge is 2.07. The van der Waals surface area contributed by atoms with Crippen LogP contribution in [0.5, 0.6) is 0 Å². The lowest BCUT2D eigenvalue weighted by atomic mass is 10.1. The molecule has 0 aliphatic carbocycles. The summed E-state index contributed by atoms with van der Waals surface area (Å²) in [6, 6.07) is 6.41. The van der Waals surface area contributed by atoms with Crippen molar-refractivity contribution in [2.24, 2.45) is 12.0 Å². The zero-order valence-corrected chi connectivity index (χ0v) is 15.9. The topological polar surface area (TPSA) is 82.9 Å².